The van der Waals surface area contributed by atoms with Gasteiger partial charge in [-0.15, -0.1) is 0 Å². The number of nitrogens with one attached hydrogen (secondary N) is 2. The second kappa shape index (κ2) is 9.73. The summed E-state index contributed by atoms with van der Waals surface area (Å²) in [6.07, 6.45) is 4.87. The summed E-state index contributed by atoms with van der Waals surface area (Å²) in [5.41, 5.74) is -1.34. The minimum Gasteiger partial charge on any atom is -0.456 e. The number of hydrogen-bond acceptors (Lipinski definition) is 8. The van der Waals surface area contributed by atoms with Crippen molar-refractivity contribution < 1.29 is 19.1 Å². The number of barbiturate groups is 1. The molecule has 0 bridgehead atoms. The smallest absolute Gasteiger partial charge is 0.328 e. The number of aromatic nitrogens is 2. The molecule has 0 aliphatic carbocycles. The fraction of sp³-hybridized carbons (Fsp3) is 0.208. The highest BCUT2D eigenvalue weighted by Crippen LogP contribution is 2.36. The molecule has 4 amide bonds. The topological polar surface area (TPSA) is 117 Å². The molecular formula is C24H20Cl2N6O4. The van der Waals surface area contributed by atoms with E-state index >= 15 is 0 Å². The van der Waals surface area contributed by atoms with Gasteiger partial charge in [0, 0.05) is 43.6 Å². The second-order valence-electron chi connectivity index (χ2n) is 8.19. The summed E-state index contributed by atoms with van der Waals surface area (Å²) >= 11 is 12.1. The fourth-order valence-corrected chi connectivity index (χ4v) is 4.88. The molecule has 5 rings (SSSR count). The van der Waals surface area contributed by atoms with E-state index in [0.717, 1.165) is 0 Å². The predicted octanol–water partition coefficient (Wildman–Crippen LogP) is 2.96. The van der Waals surface area contributed by atoms with Crippen LogP contribution < -0.4 is 20.3 Å². The minimum absolute atomic E-state index is 0.341. The van der Waals surface area contributed by atoms with Gasteiger partial charge in [-0.25, -0.2) is 9.78 Å². The zero-order valence-electron chi connectivity index (χ0n) is 18.8. The van der Waals surface area contributed by atoms with Crippen molar-refractivity contribution in [2.24, 2.45) is 0 Å². The maximum absolute atomic E-state index is 13.3. The van der Waals surface area contributed by atoms with Gasteiger partial charge in [0.1, 0.15) is 17.3 Å². The van der Waals surface area contributed by atoms with Crippen LogP contribution in [0.25, 0.3) is 0 Å². The predicted molar refractivity (Wildman–Crippen MR) is 132 cm³/mol. The van der Waals surface area contributed by atoms with Gasteiger partial charge in [-0.05, 0) is 35.9 Å². The van der Waals surface area contributed by atoms with E-state index in [4.69, 9.17) is 27.9 Å². The zero-order valence-corrected chi connectivity index (χ0v) is 20.3. The zero-order chi connectivity index (χ0) is 25.3. The normalized spacial score (nSPS) is 17.9. The molecule has 0 unspecified atom stereocenters. The lowest BCUT2D eigenvalue weighted by Crippen LogP contribution is -2.73. The van der Waals surface area contributed by atoms with Crippen LogP contribution >= 0.6 is 23.2 Å². The Bertz CT molecular complexity index is 1290. The standard InChI is InChI=1S/C24H20Cl2N6O4/c25-16-3-6-19(18(26)13-16)36-17-4-1-15(2-5-17)24(21(33)29-23(35)30-22(24)34)32-11-9-31(10-12-32)20-14-27-7-8-28-20/h1-8,13-14H,9-12H2,(H2,29,30,33,34,35). The van der Waals surface area contributed by atoms with Crippen molar-refractivity contribution >= 4 is 46.9 Å². The van der Waals surface area contributed by atoms with E-state index in [1.54, 1.807) is 66.0 Å². The molecule has 0 atom stereocenters. The van der Waals surface area contributed by atoms with Gasteiger partial charge in [0.2, 0.25) is 5.54 Å². The number of piperazine rings is 1. The summed E-state index contributed by atoms with van der Waals surface area (Å²) in [7, 11) is 0. The van der Waals surface area contributed by atoms with Gasteiger partial charge < -0.3 is 9.64 Å². The van der Waals surface area contributed by atoms with Crippen molar-refractivity contribution in [2.45, 2.75) is 5.54 Å². The number of carbonyl (C=O) groups is 3. The van der Waals surface area contributed by atoms with Crippen LogP contribution in [-0.4, -0.2) is 58.9 Å². The van der Waals surface area contributed by atoms with E-state index in [0.29, 0.717) is 59.1 Å². The van der Waals surface area contributed by atoms with Crippen LogP contribution in [0.1, 0.15) is 5.56 Å². The lowest BCUT2D eigenvalue weighted by atomic mass is 9.84. The van der Waals surface area contributed by atoms with Crippen LogP contribution in [-0.2, 0) is 15.1 Å². The quantitative estimate of drug-likeness (QED) is 0.487. The summed E-state index contributed by atoms with van der Waals surface area (Å²) in [6, 6.07) is 10.5. The molecular weight excluding hydrogens is 507 g/mol. The number of nitrogens with zero attached hydrogens (tertiary/aromatic N) is 4. The maximum Gasteiger partial charge on any atom is 0.328 e. The number of benzene rings is 2. The lowest BCUT2D eigenvalue weighted by molar-refractivity contribution is -0.149. The van der Waals surface area contributed by atoms with E-state index in [9.17, 15) is 14.4 Å². The van der Waals surface area contributed by atoms with Crippen molar-refractivity contribution in [3.05, 3.63) is 76.7 Å². The third-order valence-corrected chi connectivity index (χ3v) is 6.66. The Morgan fingerprint density at radius 1 is 0.889 bits per heavy atom. The van der Waals surface area contributed by atoms with Crippen LogP contribution in [0.4, 0.5) is 10.6 Å². The molecule has 3 heterocycles. The maximum atomic E-state index is 13.3. The summed E-state index contributed by atoms with van der Waals surface area (Å²) in [5.74, 6) is 0.138. The van der Waals surface area contributed by atoms with Crippen molar-refractivity contribution in [3.8, 4) is 11.5 Å². The van der Waals surface area contributed by atoms with Crippen molar-refractivity contribution in [3.63, 3.8) is 0 Å². The number of hydrogen-bond donors (Lipinski definition) is 2. The van der Waals surface area contributed by atoms with E-state index in [1.807, 2.05) is 4.90 Å². The Balaban J connectivity index is 1.43. The SMILES string of the molecule is O=C1NC(=O)C(c2ccc(Oc3ccc(Cl)cc3Cl)cc2)(N2CCN(c3cnccn3)CC2)C(=O)N1. The van der Waals surface area contributed by atoms with E-state index < -0.39 is 23.4 Å². The number of anilines is 1. The highest BCUT2D eigenvalue weighted by atomic mass is 35.5. The summed E-state index contributed by atoms with van der Waals surface area (Å²) in [6.45, 7) is 1.74. The van der Waals surface area contributed by atoms with Gasteiger partial charge in [0.15, 0.2) is 0 Å². The molecule has 12 heteroatoms. The number of rotatable bonds is 5. The molecule has 0 radical (unpaired) electrons. The minimum atomic E-state index is -1.74. The Morgan fingerprint density at radius 3 is 2.19 bits per heavy atom. The molecule has 1 aromatic heterocycles. The molecule has 2 aromatic carbocycles. The molecule has 2 aliphatic heterocycles. The summed E-state index contributed by atoms with van der Waals surface area (Å²) < 4.78 is 5.84. The first-order chi connectivity index (χ1) is 17.4. The Morgan fingerprint density at radius 2 is 1.58 bits per heavy atom. The highest BCUT2D eigenvalue weighted by molar-refractivity contribution is 6.35. The molecule has 0 spiro atoms. The lowest BCUT2D eigenvalue weighted by Gasteiger charge is -2.46. The van der Waals surface area contributed by atoms with Gasteiger partial charge in [-0.1, -0.05) is 35.3 Å². The first-order valence-corrected chi connectivity index (χ1v) is 11.8. The third-order valence-electron chi connectivity index (χ3n) is 6.13. The number of imide groups is 2. The average Bonchev–Trinajstić information content (AvgIpc) is 2.87. The van der Waals surface area contributed by atoms with Gasteiger partial charge in [0.25, 0.3) is 11.8 Å². The molecule has 36 heavy (non-hydrogen) atoms. The number of urea groups is 1. The van der Waals surface area contributed by atoms with Crippen LogP contribution in [0.5, 0.6) is 11.5 Å². The van der Waals surface area contributed by atoms with Gasteiger partial charge in [0.05, 0.1) is 11.2 Å². The molecule has 2 saturated heterocycles. The van der Waals surface area contributed by atoms with Crippen molar-refractivity contribution in [1.82, 2.24) is 25.5 Å². The summed E-state index contributed by atoms with van der Waals surface area (Å²) in [4.78, 5) is 50.7. The van der Waals surface area contributed by atoms with E-state index in [2.05, 4.69) is 20.6 Å². The van der Waals surface area contributed by atoms with Gasteiger partial charge in [-0.2, -0.15) is 0 Å². The average molecular weight is 527 g/mol. The molecule has 2 fully saturated rings. The van der Waals surface area contributed by atoms with Gasteiger partial charge in [-0.3, -0.25) is 30.1 Å². The number of halogens is 2. The summed E-state index contributed by atoms with van der Waals surface area (Å²) in [5, 5.41) is 5.34. The van der Waals surface area contributed by atoms with Crippen LogP contribution in [0, 0.1) is 0 Å². The molecule has 184 valence electrons. The highest BCUT2D eigenvalue weighted by Gasteiger charge is 2.56. The fourth-order valence-electron chi connectivity index (χ4n) is 4.43. The Kier molecular flexibility index (Phi) is 6.48. The Labute approximate surface area is 216 Å². The number of carbonyl (C=O) groups excluding carboxylic acids is 3. The van der Waals surface area contributed by atoms with Crippen LogP contribution in [0.15, 0.2) is 61.1 Å². The third kappa shape index (κ3) is 4.34. The van der Waals surface area contributed by atoms with Crippen LogP contribution in [0.3, 0.4) is 0 Å². The largest absolute Gasteiger partial charge is 0.456 e. The second-order valence-corrected chi connectivity index (χ2v) is 9.03. The van der Waals surface area contributed by atoms with Crippen molar-refractivity contribution in [1.29, 1.82) is 0 Å². The first-order valence-electron chi connectivity index (χ1n) is 11.0. The molecule has 0 saturated carbocycles. The van der Waals surface area contributed by atoms with Crippen molar-refractivity contribution in [2.75, 3.05) is 31.1 Å². The first kappa shape index (κ1) is 24.0. The number of amides is 4. The molecule has 10 nitrogen and oxygen atoms in total. The van der Waals surface area contributed by atoms with E-state index in [-0.39, 0.29) is 0 Å². The Hall–Kier alpha value is -3.73. The van der Waals surface area contributed by atoms with Gasteiger partial charge >= 0.3 is 6.03 Å². The molecule has 2 aliphatic rings. The van der Waals surface area contributed by atoms with E-state index in [1.165, 1.54) is 0 Å². The molecule has 3 aromatic rings. The number of ether oxygens (including phenoxy) is 1. The van der Waals surface area contributed by atoms with Crippen LogP contribution in [0.2, 0.25) is 10.0 Å². The monoisotopic (exact) mass is 526 g/mol. The molecule has 2 N–H and O–H groups in total.